The van der Waals surface area contributed by atoms with Crippen molar-refractivity contribution in [1.82, 2.24) is 0 Å². The molecule has 0 aliphatic rings. The summed E-state index contributed by atoms with van der Waals surface area (Å²) in [4.78, 5) is 0. The van der Waals surface area contributed by atoms with Gasteiger partial charge in [0.25, 0.3) is 0 Å². The lowest BCUT2D eigenvalue weighted by molar-refractivity contribution is 0.468. The van der Waals surface area contributed by atoms with E-state index >= 15 is 0 Å². The Morgan fingerprint density at radius 2 is 1.89 bits per heavy atom. The van der Waals surface area contributed by atoms with Gasteiger partial charge in [-0.1, -0.05) is 23.2 Å². The molecule has 0 heterocycles. The Bertz CT molecular complexity index is 622. The van der Waals surface area contributed by atoms with Gasteiger partial charge in [-0.15, -0.1) is 0 Å². The molecule has 2 N–H and O–H groups in total. The number of ether oxygens (including phenoxy) is 1. The van der Waals surface area contributed by atoms with Crippen LogP contribution in [0.3, 0.4) is 0 Å². The molecule has 0 atom stereocenters. The third kappa shape index (κ3) is 3.39. The lowest BCUT2D eigenvalue weighted by atomic mass is 10.2. The molecule has 0 aliphatic heterocycles. The Kier molecular flexibility index (Phi) is 4.68. The van der Waals surface area contributed by atoms with Crippen LogP contribution in [0, 0.1) is 5.82 Å². The van der Waals surface area contributed by atoms with Crippen LogP contribution >= 0.6 is 39.1 Å². The molecule has 2 rings (SSSR count). The third-order valence-corrected chi connectivity index (χ3v) is 3.58. The Labute approximate surface area is 128 Å². The standard InChI is InChI=1S/C13H9BrCl2FNO/c14-9-4-10(16)11(17)5-13(9)19-12-2-1-8(15)3-7(12)6-18/h1-5H,6,18H2. The zero-order valence-corrected chi connectivity index (χ0v) is 12.7. The molecule has 0 spiro atoms. The normalized spacial score (nSPS) is 10.6. The van der Waals surface area contributed by atoms with Crippen molar-refractivity contribution in [1.29, 1.82) is 0 Å². The van der Waals surface area contributed by atoms with Gasteiger partial charge in [0.15, 0.2) is 0 Å². The molecule has 0 bridgehead atoms. The molecule has 0 aliphatic carbocycles. The molecule has 0 saturated heterocycles. The molecule has 0 saturated carbocycles. The summed E-state index contributed by atoms with van der Waals surface area (Å²) in [5, 5.41) is 0.587. The first-order valence-electron chi connectivity index (χ1n) is 5.32. The summed E-state index contributed by atoms with van der Waals surface area (Å²) in [6, 6.07) is 7.71. The minimum Gasteiger partial charge on any atom is -0.456 e. The van der Waals surface area contributed by atoms with Gasteiger partial charge in [-0.3, -0.25) is 0 Å². The maximum atomic E-state index is 13.4. The zero-order valence-electron chi connectivity index (χ0n) is 9.59. The fourth-order valence-corrected chi connectivity index (χ4v) is 2.42. The van der Waals surface area contributed by atoms with Gasteiger partial charge in [0.2, 0.25) is 0 Å². The second-order valence-electron chi connectivity index (χ2n) is 3.75. The molecule has 100 valence electrons. The molecule has 2 aromatic rings. The zero-order chi connectivity index (χ0) is 14.0. The van der Waals surface area contributed by atoms with Gasteiger partial charge in [-0.05, 0) is 40.2 Å². The first-order valence-corrected chi connectivity index (χ1v) is 6.87. The van der Waals surface area contributed by atoms with Crippen LogP contribution in [-0.4, -0.2) is 0 Å². The molecule has 0 fully saturated rings. The van der Waals surface area contributed by atoms with Crippen molar-refractivity contribution < 1.29 is 9.13 Å². The molecular formula is C13H9BrCl2FNO. The van der Waals surface area contributed by atoms with Crippen LogP contribution in [-0.2, 0) is 6.54 Å². The van der Waals surface area contributed by atoms with Crippen molar-refractivity contribution in [3.8, 4) is 11.5 Å². The van der Waals surface area contributed by atoms with E-state index < -0.39 is 5.82 Å². The maximum Gasteiger partial charge on any atom is 0.145 e. The topological polar surface area (TPSA) is 35.2 Å². The van der Waals surface area contributed by atoms with E-state index in [9.17, 15) is 4.39 Å². The van der Waals surface area contributed by atoms with Crippen molar-refractivity contribution in [2.75, 3.05) is 0 Å². The minimum atomic E-state index is -0.553. The molecule has 2 aromatic carbocycles. The van der Waals surface area contributed by atoms with Crippen LogP contribution in [0.2, 0.25) is 10.0 Å². The number of nitrogens with two attached hydrogens (primary N) is 1. The van der Waals surface area contributed by atoms with E-state index in [1.54, 1.807) is 18.2 Å². The second kappa shape index (κ2) is 6.09. The number of halogens is 4. The van der Waals surface area contributed by atoms with Crippen LogP contribution in [0.5, 0.6) is 11.5 Å². The molecule has 6 heteroatoms. The summed E-state index contributed by atoms with van der Waals surface area (Å²) in [5.74, 6) is 0.288. The lowest BCUT2D eigenvalue weighted by Crippen LogP contribution is -1.99. The third-order valence-electron chi connectivity index (χ3n) is 2.44. The van der Waals surface area contributed by atoms with Gasteiger partial charge in [-0.25, -0.2) is 4.39 Å². The molecule has 0 aromatic heterocycles. The fraction of sp³-hybridized carbons (Fsp3) is 0.0769. The highest BCUT2D eigenvalue weighted by Crippen LogP contribution is 2.35. The average Bonchev–Trinajstić information content (AvgIpc) is 2.37. The lowest BCUT2D eigenvalue weighted by Gasteiger charge is -2.12. The molecule has 19 heavy (non-hydrogen) atoms. The first-order chi connectivity index (χ1) is 9.01. The Morgan fingerprint density at radius 3 is 2.58 bits per heavy atom. The summed E-state index contributed by atoms with van der Waals surface area (Å²) < 4.78 is 19.6. The van der Waals surface area contributed by atoms with Crippen LogP contribution < -0.4 is 10.5 Å². The van der Waals surface area contributed by atoms with Gasteiger partial charge in [0.1, 0.15) is 17.3 Å². The van der Waals surface area contributed by atoms with Crippen LogP contribution in [0.15, 0.2) is 34.8 Å². The smallest absolute Gasteiger partial charge is 0.145 e. The van der Waals surface area contributed by atoms with Gasteiger partial charge >= 0.3 is 0 Å². The number of rotatable bonds is 3. The van der Waals surface area contributed by atoms with E-state index in [4.69, 9.17) is 33.7 Å². The maximum absolute atomic E-state index is 13.4. The van der Waals surface area contributed by atoms with E-state index in [1.807, 2.05) is 0 Å². The van der Waals surface area contributed by atoms with Gasteiger partial charge < -0.3 is 10.5 Å². The van der Waals surface area contributed by atoms with Gasteiger partial charge in [0.05, 0.1) is 9.50 Å². The highest BCUT2D eigenvalue weighted by atomic mass is 79.9. The van der Waals surface area contributed by atoms with E-state index in [2.05, 4.69) is 15.9 Å². The predicted molar refractivity (Wildman–Crippen MR) is 78.5 cm³/mol. The predicted octanol–water partition coefficient (Wildman–Crippen LogP) is 5.15. The minimum absolute atomic E-state index is 0.0226. The first kappa shape index (κ1) is 14.6. The summed E-state index contributed by atoms with van der Waals surface area (Å²) >= 11 is 14.8. The molecule has 2 nitrogen and oxygen atoms in total. The quantitative estimate of drug-likeness (QED) is 0.764. The highest BCUT2D eigenvalue weighted by Gasteiger charge is 2.11. The van der Waals surface area contributed by atoms with Gasteiger partial charge in [-0.2, -0.15) is 0 Å². The number of hydrogen-bond acceptors (Lipinski definition) is 2. The van der Waals surface area contributed by atoms with Crippen molar-refractivity contribution in [2.24, 2.45) is 5.73 Å². The van der Waals surface area contributed by atoms with Crippen LogP contribution in [0.25, 0.3) is 0 Å². The second-order valence-corrected chi connectivity index (χ2v) is 5.45. The Morgan fingerprint density at radius 1 is 1.16 bits per heavy atom. The van der Waals surface area contributed by atoms with Crippen molar-refractivity contribution in [3.05, 3.63) is 56.2 Å². The van der Waals surface area contributed by atoms with Crippen molar-refractivity contribution >= 4 is 39.1 Å². The average molecular weight is 365 g/mol. The van der Waals surface area contributed by atoms with Crippen LogP contribution in [0.4, 0.5) is 4.39 Å². The SMILES string of the molecule is NCc1cc(Cl)ccc1Oc1cc(F)c(Cl)cc1Br. The molecule has 0 amide bonds. The fourth-order valence-electron chi connectivity index (χ4n) is 1.51. The Hall–Kier alpha value is -0.810. The summed E-state index contributed by atoms with van der Waals surface area (Å²) in [6.07, 6.45) is 0. The van der Waals surface area contributed by atoms with E-state index in [0.717, 1.165) is 5.56 Å². The summed E-state index contributed by atoms with van der Waals surface area (Å²) in [5.41, 5.74) is 6.35. The van der Waals surface area contributed by atoms with E-state index in [0.29, 0.717) is 21.0 Å². The van der Waals surface area contributed by atoms with Crippen molar-refractivity contribution in [3.63, 3.8) is 0 Å². The number of benzene rings is 2. The molecule has 0 unspecified atom stereocenters. The highest BCUT2D eigenvalue weighted by molar-refractivity contribution is 9.10. The van der Waals surface area contributed by atoms with Crippen LogP contribution in [0.1, 0.15) is 5.56 Å². The van der Waals surface area contributed by atoms with E-state index in [-0.39, 0.29) is 11.6 Å². The molecular weight excluding hydrogens is 356 g/mol. The largest absolute Gasteiger partial charge is 0.456 e. The monoisotopic (exact) mass is 363 g/mol. The Balaban J connectivity index is 2.39. The summed E-state index contributed by atoms with van der Waals surface area (Å²) in [7, 11) is 0. The van der Waals surface area contributed by atoms with Gasteiger partial charge in [0, 0.05) is 23.2 Å². The molecule has 0 radical (unpaired) electrons. The van der Waals surface area contributed by atoms with E-state index in [1.165, 1.54) is 12.1 Å². The summed E-state index contributed by atoms with van der Waals surface area (Å²) in [6.45, 7) is 0.267. The van der Waals surface area contributed by atoms with Crippen molar-refractivity contribution in [2.45, 2.75) is 6.54 Å². The number of hydrogen-bond donors (Lipinski definition) is 1.